The maximum Gasteiger partial charge on any atom is 0.264 e. The first kappa shape index (κ1) is 28.4. The van der Waals surface area contributed by atoms with Gasteiger partial charge < -0.3 is 15.0 Å². The van der Waals surface area contributed by atoms with Gasteiger partial charge in [-0.2, -0.15) is 0 Å². The Morgan fingerprint density at radius 1 is 1.10 bits per heavy atom. The summed E-state index contributed by atoms with van der Waals surface area (Å²) in [5.74, 6) is -0.546. The van der Waals surface area contributed by atoms with E-state index in [-0.39, 0.29) is 61.8 Å². The number of fused-ring (bicyclic) bond motifs is 1. The number of aromatic nitrogens is 1. The van der Waals surface area contributed by atoms with Gasteiger partial charge in [-0.1, -0.05) is 46.9 Å². The SMILES string of the molecule is CN1CCN(CC2CN(S(=O)(=O)c3cccc(Cl)c3)c3cc(NC(=O)c4c(Cl)cccc4Cl)cnc3O2)CC1=O. The van der Waals surface area contributed by atoms with E-state index in [1.54, 1.807) is 30.1 Å². The van der Waals surface area contributed by atoms with Gasteiger partial charge in [-0.25, -0.2) is 13.4 Å². The van der Waals surface area contributed by atoms with Gasteiger partial charge in [0.25, 0.3) is 15.9 Å². The molecule has 0 bridgehead atoms. The zero-order valence-electron chi connectivity index (χ0n) is 21.2. The number of sulfonamides is 1. The Hall–Kier alpha value is -3.09. The molecule has 2 amide bonds. The van der Waals surface area contributed by atoms with Gasteiger partial charge in [0.15, 0.2) is 0 Å². The molecule has 0 spiro atoms. The van der Waals surface area contributed by atoms with Gasteiger partial charge in [-0.05, 0) is 36.4 Å². The molecule has 5 rings (SSSR count). The summed E-state index contributed by atoms with van der Waals surface area (Å²) in [6.45, 7) is 1.64. The Bertz CT molecular complexity index is 1570. The Kier molecular flexibility index (Phi) is 8.12. The summed E-state index contributed by atoms with van der Waals surface area (Å²) >= 11 is 18.5. The molecule has 10 nitrogen and oxygen atoms in total. The van der Waals surface area contributed by atoms with E-state index in [0.29, 0.717) is 19.6 Å². The van der Waals surface area contributed by atoms with Crippen molar-refractivity contribution in [2.24, 2.45) is 0 Å². The highest BCUT2D eigenvalue weighted by atomic mass is 35.5. The second kappa shape index (κ2) is 11.4. The van der Waals surface area contributed by atoms with Crippen LogP contribution in [0, 0.1) is 0 Å². The highest BCUT2D eigenvalue weighted by Gasteiger charge is 2.37. The predicted molar refractivity (Wildman–Crippen MR) is 153 cm³/mol. The van der Waals surface area contributed by atoms with Crippen LogP contribution in [0.25, 0.3) is 0 Å². The van der Waals surface area contributed by atoms with Gasteiger partial charge in [-0.15, -0.1) is 0 Å². The summed E-state index contributed by atoms with van der Waals surface area (Å²) in [4.78, 5) is 33.1. The van der Waals surface area contributed by atoms with Crippen molar-refractivity contribution < 1.29 is 22.7 Å². The molecule has 0 aliphatic carbocycles. The highest BCUT2D eigenvalue weighted by molar-refractivity contribution is 7.92. The number of benzene rings is 2. The number of likely N-dealkylation sites (N-methyl/N-ethyl adjacent to an activating group) is 1. The molecular weight excluding hydrogens is 601 g/mol. The number of hydrogen-bond donors (Lipinski definition) is 1. The van der Waals surface area contributed by atoms with Crippen LogP contribution in [0.15, 0.2) is 59.6 Å². The van der Waals surface area contributed by atoms with Crippen LogP contribution in [0.5, 0.6) is 5.88 Å². The van der Waals surface area contributed by atoms with Gasteiger partial charge in [0.05, 0.1) is 45.5 Å². The molecule has 1 unspecified atom stereocenters. The molecule has 2 aliphatic rings. The zero-order chi connectivity index (χ0) is 28.6. The number of carbonyl (C=O) groups is 2. The standard InChI is InChI=1S/C26H24Cl3N5O5S/c1-32-8-9-33(15-23(32)35)13-18-14-34(40(37,38)19-5-2-4-16(27)10-19)22-11-17(12-30-26(22)39-18)31-25(36)24-20(28)6-3-7-21(24)29/h2-7,10-12,18H,8-9,13-15H2,1H3,(H,31,36). The van der Waals surface area contributed by atoms with Crippen molar-refractivity contribution in [2.75, 3.05) is 49.4 Å². The molecule has 2 aliphatic heterocycles. The van der Waals surface area contributed by atoms with Crippen molar-refractivity contribution in [1.82, 2.24) is 14.8 Å². The van der Waals surface area contributed by atoms with Crippen molar-refractivity contribution >= 4 is 68.0 Å². The minimum Gasteiger partial charge on any atom is -0.470 e. The molecule has 14 heteroatoms. The smallest absolute Gasteiger partial charge is 0.264 e. The number of piperazine rings is 1. The lowest BCUT2D eigenvalue weighted by molar-refractivity contribution is -0.134. The Balaban J connectivity index is 1.48. The van der Waals surface area contributed by atoms with Crippen LogP contribution in [0.3, 0.4) is 0 Å². The van der Waals surface area contributed by atoms with E-state index in [1.807, 2.05) is 4.90 Å². The second-order valence-electron chi connectivity index (χ2n) is 9.38. The average molecular weight is 625 g/mol. The average Bonchev–Trinajstić information content (AvgIpc) is 2.90. The molecule has 1 N–H and O–H groups in total. The summed E-state index contributed by atoms with van der Waals surface area (Å²) in [5, 5.41) is 3.26. The van der Waals surface area contributed by atoms with Crippen LogP contribution in [0.2, 0.25) is 15.1 Å². The fraction of sp³-hybridized carbons (Fsp3) is 0.269. The largest absolute Gasteiger partial charge is 0.470 e. The topological polar surface area (TPSA) is 112 Å². The van der Waals surface area contributed by atoms with E-state index < -0.39 is 22.0 Å². The maximum absolute atomic E-state index is 13.9. The van der Waals surface area contributed by atoms with Gasteiger partial charge in [0, 0.05) is 31.7 Å². The Morgan fingerprint density at radius 3 is 2.52 bits per heavy atom. The van der Waals surface area contributed by atoms with Gasteiger partial charge in [0.1, 0.15) is 11.8 Å². The molecule has 2 aromatic carbocycles. The number of carbonyl (C=O) groups excluding carboxylic acids is 2. The van der Waals surface area contributed by atoms with Gasteiger partial charge in [0.2, 0.25) is 11.8 Å². The first-order valence-corrected chi connectivity index (χ1v) is 14.8. The van der Waals surface area contributed by atoms with Crippen LogP contribution < -0.4 is 14.4 Å². The van der Waals surface area contributed by atoms with Crippen molar-refractivity contribution in [3.63, 3.8) is 0 Å². The van der Waals surface area contributed by atoms with E-state index in [4.69, 9.17) is 39.5 Å². The Morgan fingerprint density at radius 2 is 1.82 bits per heavy atom. The maximum atomic E-state index is 13.9. The number of hydrogen-bond acceptors (Lipinski definition) is 7. The van der Waals surface area contributed by atoms with Crippen LogP contribution in [0.1, 0.15) is 10.4 Å². The molecule has 0 saturated carbocycles. The lowest BCUT2D eigenvalue weighted by Gasteiger charge is -2.38. The molecule has 1 aromatic heterocycles. The highest BCUT2D eigenvalue weighted by Crippen LogP contribution is 2.38. The van der Waals surface area contributed by atoms with Crippen molar-refractivity contribution in [2.45, 2.75) is 11.0 Å². The molecular formula is C26H24Cl3N5O5S. The van der Waals surface area contributed by atoms with Crippen molar-refractivity contribution in [1.29, 1.82) is 0 Å². The third-order valence-electron chi connectivity index (χ3n) is 6.58. The lowest BCUT2D eigenvalue weighted by Crippen LogP contribution is -2.54. The fourth-order valence-corrected chi connectivity index (χ4v) is 6.85. The molecule has 1 atom stereocenters. The minimum absolute atomic E-state index is 0.0151. The fourth-order valence-electron chi connectivity index (χ4n) is 4.49. The number of nitrogens with zero attached hydrogens (tertiary/aromatic N) is 4. The third-order valence-corrected chi connectivity index (χ3v) is 9.22. The summed E-state index contributed by atoms with van der Waals surface area (Å²) in [6.07, 6.45) is 0.737. The molecule has 1 saturated heterocycles. The number of anilines is 2. The summed E-state index contributed by atoms with van der Waals surface area (Å²) < 4.78 is 35.0. The van der Waals surface area contributed by atoms with E-state index >= 15 is 0 Å². The first-order chi connectivity index (χ1) is 19.0. The van der Waals surface area contributed by atoms with Crippen LogP contribution in [-0.4, -0.2) is 80.9 Å². The first-order valence-electron chi connectivity index (χ1n) is 12.2. The number of amides is 2. The molecule has 210 valence electrons. The summed E-state index contributed by atoms with van der Waals surface area (Å²) in [7, 11) is -2.38. The number of rotatable bonds is 6. The van der Waals surface area contributed by atoms with Gasteiger partial charge >= 0.3 is 0 Å². The molecule has 1 fully saturated rings. The number of pyridine rings is 1. The number of halogens is 3. The quantitative estimate of drug-likeness (QED) is 0.441. The zero-order valence-corrected chi connectivity index (χ0v) is 24.3. The monoisotopic (exact) mass is 623 g/mol. The third kappa shape index (κ3) is 5.84. The Labute approximate surface area is 246 Å². The minimum atomic E-state index is -4.12. The summed E-state index contributed by atoms with van der Waals surface area (Å²) in [6, 6.07) is 12.1. The predicted octanol–water partition coefficient (Wildman–Crippen LogP) is 4.02. The van der Waals surface area contributed by atoms with Gasteiger partial charge in [-0.3, -0.25) is 18.8 Å². The van der Waals surface area contributed by atoms with E-state index in [1.165, 1.54) is 40.8 Å². The molecule has 3 heterocycles. The van der Waals surface area contributed by atoms with Crippen molar-refractivity contribution in [3.05, 3.63) is 75.4 Å². The van der Waals surface area contributed by atoms with Crippen LogP contribution in [-0.2, 0) is 14.8 Å². The summed E-state index contributed by atoms with van der Waals surface area (Å²) in [5.41, 5.74) is 0.413. The van der Waals surface area contributed by atoms with E-state index in [9.17, 15) is 18.0 Å². The van der Waals surface area contributed by atoms with Crippen molar-refractivity contribution in [3.8, 4) is 5.88 Å². The van der Waals surface area contributed by atoms with Crippen LogP contribution in [0.4, 0.5) is 11.4 Å². The molecule has 40 heavy (non-hydrogen) atoms. The molecule has 0 radical (unpaired) electrons. The number of ether oxygens (including phenoxy) is 1. The second-order valence-corrected chi connectivity index (χ2v) is 12.5. The normalized spacial score (nSPS) is 17.8. The van der Waals surface area contributed by atoms with E-state index in [2.05, 4.69) is 10.3 Å². The lowest BCUT2D eigenvalue weighted by atomic mass is 10.2. The molecule has 3 aromatic rings. The van der Waals surface area contributed by atoms with E-state index in [0.717, 1.165) is 0 Å². The van der Waals surface area contributed by atoms with Crippen LogP contribution >= 0.6 is 34.8 Å². The number of nitrogens with one attached hydrogen (secondary N) is 1.